The number of allylic oxidation sites excluding steroid dienone is 6. The van der Waals surface area contributed by atoms with Gasteiger partial charge in [0.25, 0.3) is 0 Å². The molecule has 0 saturated carbocycles. The second kappa shape index (κ2) is 15.5. The normalized spacial score (nSPS) is 33.0. The van der Waals surface area contributed by atoms with Gasteiger partial charge in [-0.3, -0.25) is 18.9 Å². The molecular formula is C28H38BrFNO9P. The predicted octanol–water partition coefficient (Wildman–Crippen LogP) is 4.78. The van der Waals surface area contributed by atoms with Gasteiger partial charge in [-0.15, -0.1) is 0 Å². The van der Waals surface area contributed by atoms with Gasteiger partial charge in [0.15, 0.2) is 5.78 Å². The summed E-state index contributed by atoms with van der Waals surface area (Å²) in [4.78, 5) is 39.0. The first kappa shape index (κ1) is 33.6. The van der Waals surface area contributed by atoms with Crippen molar-refractivity contribution in [3.05, 3.63) is 46.7 Å². The number of nitrogens with one attached hydrogen (secondary N) is 1. The molecule has 13 heteroatoms. The van der Waals surface area contributed by atoms with Crippen molar-refractivity contribution in [1.29, 1.82) is 0 Å². The summed E-state index contributed by atoms with van der Waals surface area (Å²) in [5, 5.41) is 13.3. The first-order chi connectivity index (χ1) is 19.5. The van der Waals surface area contributed by atoms with Gasteiger partial charge >= 0.3 is 13.7 Å². The molecule has 1 saturated heterocycles. The largest absolute Gasteiger partial charge is 0.468 e. The molecule has 1 heterocycles. The van der Waals surface area contributed by atoms with Crippen molar-refractivity contribution in [3.63, 3.8) is 0 Å². The third-order valence-electron chi connectivity index (χ3n) is 7.26. The van der Waals surface area contributed by atoms with Crippen LogP contribution >= 0.6 is 23.7 Å². The molecule has 3 rings (SSSR count). The van der Waals surface area contributed by atoms with Crippen LogP contribution in [0.4, 0.5) is 4.39 Å². The lowest BCUT2D eigenvalue weighted by Gasteiger charge is -2.26. The topological polar surface area (TPSA) is 137 Å². The number of Topliss-reactive ketones (excluding diaryl/α,β-unsaturated/α-hetero) is 2. The van der Waals surface area contributed by atoms with Gasteiger partial charge in [-0.1, -0.05) is 28.9 Å². The van der Waals surface area contributed by atoms with E-state index in [-0.39, 0.29) is 43.2 Å². The third-order valence-corrected chi connectivity index (χ3v) is 9.17. The third kappa shape index (κ3) is 9.53. The highest BCUT2D eigenvalue weighted by atomic mass is 79.9. The monoisotopic (exact) mass is 661 g/mol. The smallest absolute Gasteiger partial charge is 0.459 e. The van der Waals surface area contributed by atoms with E-state index in [4.69, 9.17) is 13.8 Å². The number of carbonyl (C=O) groups excluding carboxylic acids is 3. The first-order valence-electron chi connectivity index (χ1n) is 13.7. The van der Waals surface area contributed by atoms with Gasteiger partial charge in [-0.25, -0.2) is 8.96 Å². The summed E-state index contributed by atoms with van der Waals surface area (Å²) in [5.41, 5.74) is 0.581. The van der Waals surface area contributed by atoms with E-state index >= 15 is 0 Å². The Bertz CT molecular complexity index is 1140. The molecular weight excluding hydrogens is 624 g/mol. The Labute approximate surface area is 248 Å². The van der Waals surface area contributed by atoms with Crippen LogP contribution in [0.15, 0.2) is 46.7 Å². The molecule has 5 unspecified atom stereocenters. The second-order valence-electron chi connectivity index (χ2n) is 10.4. The lowest BCUT2D eigenvalue weighted by atomic mass is 9.86. The van der Waals surface area contributed by atoms with E-state index in [1.807, 2.05) is 0 Å². The van der Waals surface area contributed by atoms with E-state index in [1.165, 1.54) is 32.3 Å². The maximum Gasteiger partial charge on any atom is 0.459 e. The fourth-order valence-corrected chi connectivity index (χ4v) is 6.72. The van der Waals surface area contributed by atoms with Crippen LogP contribution < -0.4 is 5.09 Å². The molecule has 1 aliphatic heterocycles. The molecule has 0 bridgehead atoms. The van der Waals surface area contributed by atoms with Crippen molar-refractivity contribution in [2.45, 2.75) is 82.9 Å². The molecule has 8 atom stereocenters. The number of alkyl halides is 1. The average Bonchev–Trinajstić information content (AvgIpc) is 3.30. The van der Waals surface area contributed by atoms with Crippen LogP contribution in [-0.4, -0.2) is 66.9 Å². The Balaban J connectivity index is 1.70. The number of esters is 1. The van der Waals surface area contributed by atoms with Crippen LogP contribution in [0.2, 0.25) is 0 Å². The lowest BCUT2D eigenvalue weighted by Crippen LogP contribution is -2.35. The van der Waals surface area contributed by atoms with Gasteiger partial charge in [-0.05, 0) is 55.5 Å². The number of aliphatic hydroxyl groups is 1. The zero-order valence-electron chi connectivity index (χ0n) is 23.4. The van der Waals surface area contributed by atoms with E-state index in [9.17, 15) is 28.4 Å². The number of hydrogen-bond acceptors (Lipinski definition) is 9. The SMILES string of the molecule is COC(=O)[C@H](C)NP(=O)(OC[C@H]1O[C@@H](C2CC/C=C(/C=C/Br)C(=O)CCCC2=O)CC1O)OC1=CC(C)C(F)C=C1. The molecule has 0 aromatic carbocycles. The summed E-state index contributed by atoms with van der Waals surface area (Å²) in [6, 6.07) is -1.07. The Hall–Kier alpha value is -1.95. The molecule has 0 aromatic heterocycles. The number of halogens is 2. The number of carbonyl (C=O) groups is 3. The second-order valence-corrected chi connectivity index (χ2v) is 12.6. The molecule has 41 heavy (non-hydrogen) atoms. The molecule has 2 N–H and O–H groups in total. The summed E-state index contributed by atoms with van der Waals surface area (Å²) < 4.78 is 49.5. The maximum absolute atomic E-state index is 13.9. The number of rotatable bonds is 10. The van der Waals surface area contributed by atoms with Crippen LogP contribution in [0.1, 0.15) is 52.4 Å². The molecule has 0 radical (unpaired) electrons. The summed E-state index contributed by atoms with van der Waals surface area (Å²) in [6.07, 6.45) is 5.75. The Morgan fingerprint density at radius 1 is 1.37 bits per heavy atom. The van der Waals surface area contributed by atoms with Crippen molar-refractivity contribution >= 4 is 41.2 Å². The van der Waals surface area contributed by atoms with Crippen molar-refractivity contribution in [2.75, 3.05) is 13.7 Å². The molecule has 1 fully saturated rings. The predicted molar refractivity (Wildman–Crippen MR) is 153 cm³/mol. The zero-order valence-corrected chi connectivity index (χ0v) is 25.9. The minimum Gasteiger partial charge on any atom is -0.468 e. The average molecular weight is 662 g/mol. The fraction of sp³-hybridized carbons (Fsp3) is 0.607. The summed E-state index contributed by atoms with van der Waals surface area (Å²) in [7, 11) is -3.06. The van der Waals surface area contributed by atoms with Gasteiger partial charge in [0.2, 0.25) is 0 Å². The zero-order chi connectivity index (χ0) is 30.2. The van der Waals surface area contributed by atoms with Crippen molar-refractivity contribution < 1.29 is 47.0 Å². The Morgan fingerprint density at radius 3 is 2.80 bits per heavy atom. The minimum atomic E-state index is -4.24. The molecule has 0 aromatic rings. The highest BCUT2D eigenvalue weighted by Crippen LogP contribution is 2.48. The van der Waals surface area contributed by atoms with Crippen LogP contribution in [0.25, 0.3) is 0 Å². The number of ether oxygens (including phenoxy) is 2. The van der Waals surface area contributed by atoms with E-state index in [2.05, 4.69) is 25.8 Å². The van der Waals surface area contributed by atoms with Gasteiger partial charge in [0.05, 0.1) is 25.9 Å². The fourth-order valence-electron chi connectivity index (χ4n) is 4.93. The number of hydrogen-bond donors (Lipinski definition) is 2. The van der Waals surface area contributed by atoms with Crippen LogP contribution in [0.3, 0.4) is 0 Å². The van der Waals surface area contributed by atoms with Crippen molar-refractivity contribution in [1.82, 2.24) is 5.09 Å². The summed E-state index contributed by atoms with van der Waals surface area (Å²) >= 11 is 3.20. The van der Waals surface area contributed by atoms with Crippen molar-refractivity contribution in [3.8, 4) is 0 Å². The van der Waals surface area contributed by atoms with Crippen LogP contribution in [0, 0.1) is 11.8 Å². The highest BCUT2D eigenvalue weighted by molar-refractivity contribution is 9.11. The van der Waals surface area contributed by atoms with E-state index in [1.54, 1.807) is 24.1 Å². The highest BCUT2D eigenvalue weighted by Gasteiger charge is 2.42. The van der Waals surface area contributed by atoms with E-state index in [0.717, 1.165) is 0 Å². The molecule has 0 amide bonds. The minimum absolute atomic E-state index is 0.0167. The van der Waals surface area contributed by atoms with Crippen molar-refractivity contribution in [2.24, 2.45) is 11.8 Å². The first-order valence-corrected chi connectivity index (χ1v) is 16.1. The summed E-state index contributed by atoms with van der Waals surface area (Å²) in [6.45, 7) is 2.67. The van der Waals surface area contributed by atoms with Crippen LogP contribution in [0.5, 0.6) is 0 Å². The molecule has 2 aliphatic carbocycles. The number of methoxy groups -OCH3 is 1. The standard InChI is InChI=1S/C28H38BrFNO9P/c1-17-14-20(10-11-22(17)30)40-41(36,31-18(2)28(35)37-3)38-16-27-25(34)15-26(39-27)21-7-4-6-19(12-13-29)23(32)8-5-9-24(21)33/h6,10-14,17-18,21-22,25-27,34H,4-5,7-9,15-16H2,1-3H3,(H,31,36)/b13-12+,19-6-/t17?,18-,21?,22?,25?,26+,27+,41?/m0/s1. The van der Waals surface area contributed by atoms with Gasteiger partial charge in [0.1, 0.15) is 29.9 Å². The molecule has 0 spiro atoms. The quantitative estimate of drug-likeness (QED) is 0.249. The van der Waals surface area contributed by atoms with Gasteiger partial charge < -0.3 is 19.1 Å². The van der Waals surface area contributed by atoms with E-state index < -0.39 is 56.1 Å². The van der Waals surface area contributed by atoms with Gasteiger partial charge in [0, 0.05) is 36.7 Å². The Kier molecular flexibility index (Phi) is 12.7. The molecule has 228 valence electrons. The number of ketones is 2. The molecule has 10 nitrogen and oxygen atoms in total. The molecule has 3 aliphatic rings. The number of aliphatic hydroxyl groups excluding tert-OH is 1. The maximum atomic E-state index is 13.9. The van der Waals surface area contributed by atoms with Gasteiger partial charge in [-0.2, -0.15) is 5.09 Å². The van der Waals surface area contributed by atoms with Crippen LogP contribution in [-0.2, 0) is 37.5 Å². The Morgan fingerprint density at radius 2 is 2.12 bits per heavy atom. The van der Waals surface area contributed by atoms with E-state index in [0.29, 0.717) is 24.8 Å². The lowest BCUT2D eigenvalue weighted by molar-refractivity contribution is -0.142. The summed E-state index contributed by atoms with van der Waals surface area (Å²) in [5.74, 6) is -1.70.